The zero-order chi connectivity index (χ0) is 14.5. The second-order valence-corrected chi connectivity index (χ2v) is 7.02. The molecule has 0 fully saturated rings. The molecule has 0 aliphatic carbocycles. The molecule has 1 unspecified atom stereocenters. The van der Waals surface area contributed by atoms with E-state index in [1.54, 1.807) is 0 Å². The molecule has 1 N–H and O–H groups in total. The van der Waals surface area contributed by atoms with Crippen molar-refractivity contribution >= 4 is 27.3 Å². The quantitative estimate of drug-likeness (QED) is 0.693. The highest BCUT2D eigenvalue weighted by molar-refractivity contribution is 9.10. The summed E-state index contributed by atoms with van der Waals surface area (Å²) in [5.41, 5.74) is 2.78. The molecule has 0 radical (unpaired) electrons. The SMILES string of the molecule is CCCC(NC)c1ccc(-c2ccc(Br)cc2CC)s1. The molecule has 1 heterocycles. The number of thiophene rings is 1. The molecule has 1 nitrogen and oxygen atoms in total. The number of hydrogen-bond acceptors (Lipinski definition) is 2. The van der Waals surface area contributed by atoms with Crippen molar-refractivity contribution in [3.63, 3.8) is 0 Å². The molecule has 0 spiro atoms. The van der Waals surface area contributed by atoms with Gasteiger partial charge in [-0.15, -0.1) is 11.3 Å². The summed E-state index contributed by atoms with van der Waals surface area (Å²) in [6.45, 7) is 4.45. The summed E-state index contributed by atoms with van der Waals surface area (Å²) in [4.78, 5) is 2.81. The first-order valence-electron chi connectivity index (χ1n) is 7.25. The van der Waals surface area contributed by atoms with Crippen molar-refractivity contribution in [3.8, 4) is 10.4 Å². The van der Waals surface area contributed by atoms with Crippen LogP contribution in [0.15, 0.2) is 34.8 Å². The van der Waals surface area contributed by atoms with Gasteiger partial charge in [-0.3, -0.25) is 0 Å². The molecule has 1 aromatic carbocycles. The first kappa shape index (κ1) is 15.7. The summed E-state index contributed by atoms with van der Waals surface area (Å²) in [6.07, 6.45) is 3.46. The summed E-state index contributed by atoms with van der Waals surface area (Å²) in [5.74, 6) is 0. The summed E-state index contributed by atoms with van der Waals surface area (Å²) >= 11 is 5.48. The van der Waals surface area contributed by atoms with Gasteiger partial charge < -0.3 is 5.32 Å². The maximum absolute atomic E-state index is 3.56. The lowest BCUT2D eigenvalue weighted by Gasteiger charge is -2.13. The molecule has 3 heteroatoms. The molecule has 2 aromatic rings. The van der Waals surface area contributed by atoms with Crippen molar-refractivity contribution in [1.82, 2.24) is 5.32 Å². The van der Waals surface area contributed by atoms with Gasteiger partial charge in [0, 0.05) is 20.3 Å². The third-order valence-corrected chi connectivity index (χ3v) is 5.34. The van der Waals surface area contributed by atoms with Gasteiger partial charge in [0.15, 0.2) is 0 Å². The molecule has 108 valence electrons. The maximum Gasteiger partial charge on any atom is 0.0412 e. The van der Waals surface area contributed by atoms with Crippen LogP contribution in [0.2, 0.25) is 0 Å². The predicted octanol–water partition coefficient (Wildman–Crippen LogP) is 5.80. The Bertz CT molecular complexity index is 562. The third kappa shape index (κ3) is 3.51. The van der Waals surface area contributed by atoms with E-state index in [1.807, 2.05) is 11.3 Å². The largest absolute Gasteiger partial charge is 0.312 e. The van der Waals surface area contributed by atoms with Gasteiger partial charge in [-0.05, 0) is 55.3 Å². The summed E-state index contributed by atoms with van der Waals surface area (Å²) in [6, 6.07) is 11.6. The van der Waals surface area contributed by atoms with Crippen molar-refractivity contribution in [2.45, 2.75) is 39.2 Å². The van der Waals surface area contributed by atoms with Gasteiger partial charge in [-0.25, -0.2) is 0 Å². The molecule has 0 aliphatic rings. The molecule has 0 saturated heterocycles. The molecule has 20 heavy (non-hydrogen) atoms. The van der Waals surface area contributed by atoms with Crippen LogP contribution in [-0.2, 0) is 6.42 Å². The van der Waals surface area contributed by atoms with Crippen molar-refractivity contribution in [1.29, 1.82) is 0 Å². The van der Waals surface area contributed by atoms with Crippen LogP contribution in [0.25, 0.3) is 10.4 Å². The van der Waals surface area contributed by atoms with Crippen LogP contribution in [0, 0.1) is 0 Å². The summed E-state index contributed by atoms with van der Waals surface area (Å²) in [7, 11) is 2.05. The monoisotopic (exact) mass is 351 g/mol. The van der Waals surface area contributed by atoms with Gasteiger partial charge >= 0.3 is 0 Å². The molecule has 1 aromatic heterocycles. The average molecular weight is 352 g/mol. The minimum atomic E-state index is 0.485. The van der Waals surface area contributed by atoms with E-state index in [4.69, 9.17) is 0 Å². The number of nitrogens with one attached hydrogen (secondary N) is 1. The number of halogens is 1. The van der Waals surface area contributed by atoms with E-state index in [0.29, 0.717) is 6.04 Å². The van der Waals surface area contributed by atoms with E-state index < -0.39 is 0 Å². The van der Waals surface area contributed by atoms with Crippen LogP contribution in [0.4, 0.5) is 0 Å². The van der Waals surface area contributed by atoms with Gasteiger partial charge in [-0.1, -0.05) is 42.3 Å². The predicted molar refractivity (Wildman–Crippen MR) is 93.5 cm³/mol. The number of aryl methyl sites for hydroxylation is 1. The van der Waals surface area contributed by atoms with Crippen molar-refractivity contribution in [2.24, 2.45) is 0 Å². The van der Waals surface area contributed by atoms with Gasteiger partial charge in [0.1, 0.15) is 0 Å². The Labute approximate surface area is 134 Å². The van der Waals surface area contributed by atoms with Crippen LogP contribution in [0.5, 0.6) is 0 Å². The van der Waals surface area contributed by atoms with E-state index in [9.17, 15) is 0 Å². The minimum Gasteiger partial charge on any atom is -0.312 e. The zero-order valence-electron chi connectivity index (χ0n) is 12.4. The molecule has 0 bridgehead atoms. The van der Waals surface area contributed by atoms with Crippen LogP contribution in [0.1, 0.15) is 43.2 Å². The van der Waals surface area contributed by atoms with Crippen molar-refractivity contribution in [3.05, 3.63) is 45.2 Å². The lowest BCUT2D eigenvalue weighted by molar-refractivity contribution is 0.550. The first-order valence-corrected chi connectivity index (χ1v) is 8.86. The number of hydrogen-bond donors (Lipinski definition) is 1. The fraction of sp³-hybridized carbons (Fsp3) is 0.412. The highest BCUT2D eigenvalue weighted by Gasteiger charge is 2.13. The van der Waals surface area contributed by atoms with Gasteiger partial charge in [0.05, 0.1) is 0 Å². The van der Waals surface area contributed by atoms with Crippen molar-refractivity contribution < 1.29 is 0 Å². The Balaban J connectivity index is 2.33. The highest BCUT2D eigenvalue weighted by atomic mass is 79.9. The maximum atomic E-state index is 3.56. The number of rotatable bonds is 6. The Morgan fingerprint density at radius 1 is 1.20 bits per heavy atom. The Kier molecular flexibility index (Phi) is 5.82. The summed E-state index contributed by atoms with van der Waals surface area (Å²) < 4.78 is 1.16. The first-order chi connectivity index (χ1) is 9.69. The Morgan fingerprint density at radius 3 is 2.65 bits per heavy atom. The van der Waals surface area contributed by atoms with E-state index in [2.05, 4.69) is 72.5 Å². The van der Waals surface area contributed by atoms with E-state index in [1.165, 1.54) is 33.7 Å². The van der Waals surface area contributed by atoms with E-state index in [-0.39, 0.29) is 0 Å². The number of benzene rings is 1. The zero-order valence-corrected chi connectivity index (χ0v) is 14.8. The average Bonchev–Trinajstić information content (AvgIpc) is 2.93. The van der Waals surface area contributed by atoms with Crippen LogP contribution >= 0.6 is 27.3 Å². The fourth-order valence-corrected chi connectivity index (χ4v) is 4.12. The Hall–Kier alpha value is -0.640. The second-order valence-electron chi connectivity index (χ2n) is 4.99. The lowest BCUT2D eigenvalue weighted by atomic mass is 10.0. The minimum absolute atomic E-state index is 0.485. The smallest absolute Gasteiger partial charge is 0.0412 e. The molecule has 0 saturated carbocycles. The molecule has 0 aliphatic heterocycles. The summed E-state index contributed by atoms with van der Waals surface area (Å²) in [5, 5.41) is 3.42. The molecule has 2 rings (SSSR count). The van der Waals surface area contributed by atoms with E-state index in [0.717, 1.165) is 10.9 Å². The van der Waals surface area contributed by atoms with Crippen molar-refractivity contribution in [2.75, 3.05) is 7.05 Å². The van der Waals surface area contributed by atoms with Crippen LogP contribution in [0.3, 0.4) is 0 Å². The standard InChI is InChI=1S/C17H22BrNS/c1-4-6-15(19-3)17-10-9-16(20-17)14-8-7-13(18)11-12(14)5-2/h7-11,15,19H,4-6H2,1-3H3. The lowest BCUT2D eigenvalue weighted by Crippen LogP contribution is -2.14. The molecular weight excluding hydrogens is 330 g/mol. The second kappa shape index (κ2) is 7.39. The molecule has 0 amide bonds. The van der Waals surface area contributed by atoms with Gasteiger partial charge in [-0.2, -0.15) is 0 Å². The highest BCUT2D eigenvalue weighted by Crippen LogP contribution is 2.35. The topological polar surface area (TPSA) is 12.0 Å². The van der Waals surface area contributed by atoms with Gasteiger partial charge in [0.25, 0.3) is 0 Å². The third-order valence-electron chi connectivity index (χ3n) is 3.61. The van der Waals surface area contributed by atoms with Crippen LogP contribution < -0.4 is 5.32 Å². The molecular formula is C17H22BrNS. The molecule has 1 atom stereocenters. The normalized spacial score (nSPS) is 12.6. The Morgan fingerprint density at radius 2 is 2.00 bits per heavy atom. The van der Waals surface area contributed by atoms with Crippen LogP contribution in [-0.4, -0.2) is 7.05 Å². The van der Waals surface area contributed by atoms with Gasteiger partial charge in [0.2, 0.25) is 0 Å². The van der Waals surface area contributed by atoms with E-state index >= 15 is 0 Å². The fourth-order valence-electron chi connectivity index (χ4n) is 2.50.